The highest BCUT2D eigenvalue weighted by atomic mass is 32.2. The SMILES string of the molecule is CCc1c(Sc2ccccc2)n(C(C2=C(CO[Si](C)(C)C(C)(C)C)CCC2)C2=C(CO[Si](C)(C)C(C)(C)C)CCC2)c(=O)[nH]c1=O. The molecule has 1 heterocycles. The molecule has 0 aliphatic heterocycles. The van der Waals surface area contributed by atoms with E-state index in [2.05, 4.69) is 84.8 Å². The topological polar surface area (TPSA) is 73.3 Å². The van der Waals surface area contributed by atoms with Gasteiger partial charge >= 0.3 is 5.69 Å². The Hall–Kier alpha value is -1.92. The summed E-state index contributed by atoms with van der Waals surface area (Å²) in [5.74, 6) is 0. The lowest BCUT2D eigenvalue weighted by Gasteiger charge is -2.37. The van der Waals surface area contributed by atoms with Crippen LogP contribution in [0.1, 0.15) is 98.6 Å². The van der Waals surface area contributed by atoms with Gasteiger partial charge in [-0.25, -0.2) is 4.79 Å². The normalized spacial score (nSPS) is 16.8. The molecule has 0 atom stereocenters. The zero-order valence-electron chi connectivity index (χ0n) is 30.3. The van der Waals surface area contributed by atoms with Crippen LogP contribution in [0.5, 0.6) is 0 Å². The molecule has 0 spiro atoms. The molecule has 0 amide bonds. The van der Waals surface area contributed by atoms with Gasteiger partial charge in [-0.1, -0.05) is 78.4 Å². The van der Waals surface area contributed by atoms with E-state index in [9.17, 15) is 9.59 Å². The third-order valence-corrected chi connectivity index (χ3v) is 21.1. The number of nitrogens with one attached hydrogen (secondary N) is 1. The van der Waals surface area contributed by atoms with Crippen molar-refractivity contribution in [1.29, 1.82) is 0 Å². The van der Waals surface area contributed by atoms with Crippen molar-refractivity contribution in [2.45, 2.75) is 146 Å². The monoisotopic (exact) mass is 682 g/mol. The van der Waals surface area contributed by atoms with E-state index < -0.39 is 16.6 Å². The number of nitrogens with zero attached hydrogens (tertiary/aromatic N) is 1. The highest BCUT2D eigenvalue weighted by molar-refractivity contribution is 7.99. The van der Waals surface area contributed by atoms with Crippen molar-refractivity contribution in [2.24, 2.45) is 0 Å². The van der Waals surface area contributed by atoms with Gasteiger partial charge in [0.2, 0.25) is 0 Å². The maximum absolute atomic E-state index is 14.2. The first-order valence-electron chi connectivity index (χ1n) is 17.2. The molecule has 0 radical (unpaired) electrons. The minimum atomic E-state index is -1.99. The molecule has 254 valence electrons. The molecule has 2 aliphatic carbocycles. The molecule has 0 unspecified atom stereocenters. The lowest BCUT2D eigenvalue weighted by Crippen LogP contribution is -2.41. The molecular formula is C37H58N2O4SSi2. The van der Waals surface area contributed by atoms with Crippen LogP contribution in [-0.4, -0.2) is 39.4 Å². The van der Waals surface area contributed by atoms with Gasteiger partial charge in [0.1, 0.15) is 0 Å². The molecule has 9 heteroatoms. The Labute approximate surface area is 283 Å². The zero-order chi connectivity index (χ0) is 34.1. The van der Waals surface area contributed by atoms with Gasteiger partial charge < -0.3 is 8.85 Å². The number of hydrogen-bond acceptors (Lipinski definition) is 5. The minimum absolute atomic E-state index is 0.110. The molecule has 4 rings (SSSR count). The summed E-state index contributed by atoms with van der Waals surface area (Å²) < 4.78 is 15.6. The van der Waals surface area contributed by atoms with Crippen LogP contribution in [-0.2, 0) is 15.3 Å². The quantitative estimate of drug-likeness (QED) is 0.137. The van der Waals surface area contributed by atoms with E-state index in [-0.39, 0.29) is 27.4 Å². The predicted octanol–water partition coefficient (Wildman–Crippen LogP) is 9.80. The Morgan fingerprint density at radius 3 is 1.72 bits per heavy atom. The Kier molecular flexibility index (Phi) is 11.5. The summed E-state index contributed by atoms with van der Waals surface area (Å²) in [6.07, 6.45) is 6.42. The van der Waals surface area contributed by atoms with Crippen LogP contribution in [0.2, 0.25) is 36.3 Å². The van der Waals surface area contributed by atoms with Crippen LogP contribution in [0.4, 0.5) is 0 Å². The summed E-state index contributed by atoms with van der Waals surface area (Å²) in [5.41, 5.74) is 5.28. The lowest BCUT2D eigenvalue weighted by molar-refractivity contribution is 0.312. The van der Waals surface area contributed by atoms with Gasteiger partial charge in [-0.3, -0.25) is 14.3 Å². The Balaban J connectivity index is 1.94. The Morgan fingerprint density at radius 2 is 1.28 bits per heavy atom. The van der Waals surface area contributed by atoms with Crippen molar-refractivity contribution in [3.63, 3.8) is 0 Å². The van der Waals surface area contributed by atoms with Gasteiger partial charge in [-0.2, -0.15) is 0 Å². The number of allylic oxidation sites excluding steroid dienone is 2. The molecule has 1 aromatic carbocycles. The first-order chi connectivity index (χ1) is 21.4. The molecule has 0 saturated heterocycles. The summed E-state index contributed by atoms with van der Waals surface area (Å²) in [6.45, 7) is 26.1. The molecule has 0 saturated carbocycles. The molecule has 2 aliphatic rings. The summed E-state index contributed by atoms with van der Waals surface area (Å²) in [6, 6.07) is 9.85. The van der Waals surface area contributed by atoms with Crippen LogP contribution >= 0.6 is 11.8 Å². The molecule has 6 nitrogen and oxygen atoms in total. The van der Waals surface area contributed by atoms with Gasteiger partial charge in [-0.15, -0.1) is 0 Å². The average molecular weight is 683 g/mol. The number of aromatic amines is 1. The molecule has 46 heavy (non-hydrogen) atoms. The number of aromatic nitrogens is 2. The molecule has 1 N–H and O–H groups in total. The van der Waals surface area contributed by atoms with Crippen molar-refractivity contribution >= 4 is 28.4 Å². The standard InChI is InChI=1S/C37H58N2O4SSi2/c1-12-29-33(40)38-35(41)39(34(29)44-28-20-14-13-15-21-28)32(30-22-16-18-26(30)24-42-45(8,9)36(2,3)4)31-23-17-19-27(31)25-43-46(10,11)37(5,6)7/h13-15,20-21,32H,12,16-19,22-25H2,1-11H3,(H,38,40,41). The van der Waals surface area contributed by atoms with Gasteiger partial charge in [0.05, 0.1) is 24.3 Å². The minimum Gasteiger partial charge on any atom is -0.413 e. The number of rotatable bonds is 12. The molecule has 0 fully saturated rings. The largest absolute Gasteiger partial charge is 0.413 e. The summed E-state index contributed by atoms with van der Waals surface area (Å²) in [7, 11) is -3.98. The highest BCUT2D eigenvalue weighted by Gasteiger charge is 2.40. The van der Waals surface area contributed by atoms with Gasteiger partial charge in [0.25, 0.3) is 5.56 Å². The van der Waals surface area contributed by atoms with Crippen molar-refractivity contribution in [1.82, 2.24) is 9.55 Å². The second-order valence-corrected chi connectivity index (χ2v) is 26.8. The van der Waals surface area contributed by atoms with E-state index in [4.69, 9.17) is 8.85 Å². The fourth-order valence-electron chi connectivity index (χ4n) is 5.96. The second kappa shape index (κ2) is 14.3. The van der Waals surface area contributed by atoms with Crippen LogP contribution in [0.25, 0.3) is 0 Å². The van der Waals surface area contributed by atoms with Gasteiger partial charge in [0.15, 0.2) is 16.6 Å². The summed E-state index contributed by atoms with van der Waals surface area (Å²) in [4.78, 5) is 31.2. The smallest absolute Gasteiger partial charge is 0.330 e. The molecule has 0 bridgehead atoms. The van der Waals surface area contributed by atoms with Crippen molar-refractivity contribution in [3.8, 4) is 0 Å². The van der Waals surface area contributed by atoms with E-state index in [1.807, 2.05) is 29.7 Å². The van der Waals surface area contributed by atoms with E-state index in [0.29, 0.717) is 25.2 Å². The van der Waals surface area contributed by atoms with Gasteiger partial charge in [0, 0.05) is 10.5 Å². The van der Waals surface area contributed by atoms with Crippen molar-refractivity contribution in [3.05, 3.63) is 79.0 Å². The zero-order valence-corrected chi connectivity index (χ0v) is 33.1. The fraction of sp³-hybridized carbons (Fsp3) is 0.622. The average Bonchev–Trinajstić information content (AvgIpc) is 3.62. The van der Waals surface area contributed by atoms with Crippen LogP contribution in [0.15, 0.2) is 72.1 Å². The summed E-state index contributed by atoms with van der Waals surface area (Å²) in [5, 5.41) is 0.971. The van der Waals surface area contributed by atoms with E-state index in [1.54, 1.807) is 0 Å². The number of H-pyrrole nitrogens is 1. The molecule has 2 aromatic rings. The van der Waals surface area contributed by atoms with Crippen LogP contribution in [0, 0.1) is 0 Å². The highest BCUT2D eigenvalue weighted by Crippen LogP contribution is 2.47. The van der Waals surface area contributed by atoms with E-state index in [0.717, 1.165) is 48.4 Å². The second-order valence-electron chi connectivity index (χ2n) is 16.1. The van der Waals surface area contributed by atoms with E-state index in [1.165, 1.54) is 34.1 Å². The van der Waals surface area contributed by atoms with Crippen molar-refractivity contribution < 1.29 is 8.85 Å². The van der Waals surface area contributed by atoms with Crippen LogP contribution in [0.3, 0.4) is 0 Å². The van der Waals surface area contributed by atoms with Gasteiger partial charge in [-0.05, 0) is 116 Å². The Bertz CT molecular complexity index is 1520. The first kappa shape index (κ1) is 36.9. The number of benzene rings is 1. The fourth-order valence-corrected chi connectivity index (χ4v) is 9.06. The summed E-state index contributed by atoms with van der Waals surface area (Å²) >= 11 is 1.53. The lowest BCUT2D eigenvalue weighted by atomic mass is 9.92. The third kappa shape index (κ3) is 8.02. The van der Waals surface area contributed by atoms with Crippen LogP contribution < -0.4 is 11.2 Å². The maximum atomic E-state index is 14.2. The van der Waals surface area contributed by atoms with Crippen molar-refractivity contribution in [2.75, 3.05) is 13.2 Å². The Morgan fingerprint density at radius 1 is 0.804 bits per heavy atom. The third-order valence-electron chi connectivity index (χ3n) is 11.0. The number of hydrogen-bond donors (Lipinski definition) is 1. The predicted molar refractivity (Wildman–Crippen MR) is 198 cm³/mol. The first-order valence-corrected chi connectivity index (χ1v) is 23.8. The maximum Gasteiger partial charge on any atom is 0.330 e. The molecule has 1 aromatic heterocycles. The molecular weight excluding hydrogens is 625 g/mol. The van der Waals surface area contributed by atoms with E-state index >= 15 is 0 Å².